The summed E-state index contributed by atoms with van der Waals surface area (Å²) < 4.78 is 5.18. The number of aromatic nitrogens is 2. The number of aromatic amines is 1. The minimum absolute atomic E-state index is 0.145. The van der Waals surface area contributed by atoms with Crippen molar-refractivity contribution < 1.29 is 9.53 Å². The van der Waals surface area contributed by atoms with Gasteiger partial charge < -0.3 is 15.0 Å². The number of hydrogen-bond acceptors (Lipinski definition) is 3. The molecular formula is C19H21N3O2. The molecule has 0 radical (unpaired) electrons. The summed E-state index contributed by atoms with van der Waals surface area (Å²) in [5, 5.41) is 3.07. The highest BCUT2D eigenvalue weighted by molar-refractivity contribution is 5.94. The summed E-state index contributed by atoms with van der Waals surface area (Å²) in [7, 11) is 1.59. The van der Waals surface area contributed by atoms with Gasteiger partial charge in [-0.3, -0.25) is 4.79 Å². The number of carbonyl (C=O) groups is 1. The van der Waals surface area contributed by atoms with Gasteiger partial charge in [0.25, 0.3) is 5.91 Å². The number of benzene rings is 2. The Morgan fingerprint density at radius 1 is 1.17 bits per heavy atom. The van der Waals surface area contributed by atoms with E-state index in [1.165, 1.54) is 0 Å². The number of para-hydroxylation sites is 2. The first-order valence-electron chi connectivity index (χ1n) is 7.98. The number of methoxy groups -OCH3 is 1. The molecule has 0 aliphatic rings. The van der Waals surface area contributed by atoms with Gasteiger partial charge >= 0.3 is 0 Å². The molecule has 2 N–H and O–H groups in total. The van der Waals surface area contributed by atoms with Crippen LogP contribution in [0.5, 0.6) is 5.75 Å². The highest BCUT2D eigenvalue weighted by Gasteiger charge is 2.22. The lowest BCUT2D eigenvalue weighted by atomic mass is 10.0. The summed E-state index contributed by atoms with van der Waals surface area (Å²) >= 11 is 0. The van der Waals surface area contributed by atoms with Crippen LogP contribution in [0.3, 0.4) is 0 Å². The van der Waals surface area contributed by atoms with E-state index in [9.17, 15) is 4.79 Å². The molecule has 1 heterocycles. The average molecular weight is 323 g/mol. The number of nitrogens with one attached hydrogen (secondary N) is 2. The van der Waals surface area contributed by atoms with E-state index in [-0.39, 0.29) is 17.9 Å². The summed E-state index contributed by atoms with van der Waals surface area (Å²) in [6.07, 6.45) is 0. The van der Waals surface area contributed by atoms with Crippen molar-refractivity contribution in [1.29, 1.82) is 0 Å². The van der Waals surface area contributed by atoms with Crippen molar-refractivity contribution in [1.82, 2.24) is 15.3 Å². The Hall–Kier alpha value is -2.82. The lowest BCUT2D eigenvalue weighted by Crippen LogP contribution is -2.32. The molecule has 0 saturated heterocycles. The predicted octanol–water partition coefficient (Wildman–Crippen LogP) is 3.70. The van der Waals surface area contributed by atoms with Crippen LogP contribution in [-0.4, -0.2) is 23.0 Å². The van der Waals surface area contributed by atoms with Crippen molar-refractivity contribution in [2.24, 2.45) is 5.92 Å². The SMILES string of the molecule is COc1cccc(C(=O)N[C@@H](c2nc3ccccc3[nH]2)C(C)C)c1. The van der Waals surface area contributed by atoms with E-state index in [1.54, 1.807) is 25.3 Å². The molecule has 0 aliphatic heterocycles. The van der Waals surface area contributed by atoms with Crippen molar-refractivity contribution in [2.75, 3.05) is 7.11 Å². The fourth-order valence-electron chi connectivity index (χ4n) is 2.66. The second-order valence-corrected chi connectivity index (χ2v) is 6.07. The first kappa shape index (κ1) is 16.1. The quantitative estimate of drug-likeness (QED) is 0.752. The standard InChI is InChI=1S/C19H21N3O2/c1-12(2)17(18-20-15-9-4-5-10-16(15)21-18)22-19(23)13-7-6-8-14(11-13)24-3/h4-12,17H,1-3H3,(H,20,21)(H,22,23)/t17-/m1/s1. The van der Waals surface area contributed by atoms with Crippen molar-refractivity contribution in [3.05, 3.63) is 59.9 Å². The van der Waals surface area contributed by atoms with Gasteiger partial charge in [-0.1, -0.05) is 32.0 Å². The average Bonchev–Trinajstić information content (AvgIpc) is 3.02. The molecule has 0 spiro atoms. The topological polar surface area (TPSA) is 67.0 Å². The highest BCUT2D eigenvalue weighted by Crippen LogP contribution is 2.23. The molecule has 24 heavy (non-hydrogen) atoms. The zero-order chi connectivity index (χ0) is 17.1. The molecule has 1 aromatic heterocycles. The van der Waals surface area contributed by atoms with Crippen LogP contribution >= 0.6 is 0 Å². The lowest BCUT2D eigenvalue weighted by Gasteiger charge is -2.20. The Morgan fingerprint density at radius 3 is 2.67 bits per heavy atom. The van der Waals surface area contributed by atoms with Crippen molar-refractivity contribution >= 4 is 16.9 Å². The Labute approximate surface area is 141 Å². The number of fused-ring (bicyclic) bond motifs is 1. The first-order valence-corrected chi connectivity index (χ1v) is 7.98. The number of H-pyrrole nitrogens is 1. The molecule has 5 heteroatoms. The maximum Gasteiger partial charge on any atom is 0.252 e. The summed E-state index contributed by atoms with van der Waals surface area (Å²) in [6, 6.07) is 14.8. The van der Waals surface area contributed by atoms with Crippen LogP contribution in [0.2, 0.25) is 0 Å². The van der Waals surface area contributed by atoms with Crippen LogP contribution in [0.1, 0.15) is 36.1 Å². The van der Waals surface area contributed by atoms with Crippen LogP contribution in [0.15, 0.2) is 48.5 Å². The van der Waals surface area contributed by atoms with E-state index in [4.69, 9.17) is 4.74 Å². The molecule has 0 fully saturated rings. The smallest absolute Gasteiger partial charge is 0.252 e. The van der Waals surface area contributed by atoms with Gasteiger partial charge in [0.1, 0.15) is 11.6 Å². The summed E-state index contributed by atoms with van der Waals surface area (Å²) in [5.74, 6) is 1.48. The molecule has 1 amide bonds. The van der Waals surface area contributed by atoms with Crippen molar-refractivity contribution in [2.45, 2.75) is 19.9 Å². The second-order valence-electron chi connectivity index (χ2n) is 6.07. The third kappa shape index (κ3) is 3.25. The minimum Gasteiger partial charge on any atom is -0.497 e. The third-order valence-corrected chi connectivity index (χ3v) is 3.99. The van der Waals surface area contributed by atoms with Gasteiger partial charge in [0, 0.05) is 5.56 Å². The molecule has 124 valence electrons. The fraction of sp³-hybridized carbons (Fsp3) is 0.263. The third-order valence-electron chi connectivity index (χ3n) is 3.99. The zero-order valence-corrected chi connectivity index (χ0v) is 14.0. The van der Waals surface area contributed by atoms with E-state index in [2.05, 4.69) is 29.1 Å². The summed E-state index contributed by atoms with van der Waals surface area (Å²) in [5.41, 5.74) is 2.43. The largest absolute Gasteiger partial charge is 0.497 e. The van der Waals surface area contributed by atoms with Crippen LogP contribution in [0.25, 0.3) is 11.0 Å². The first-order chi connectivity index (χ1) is 11.6. The maximum atomic E-state index is 12.6. The van der Waals surface area contributed by atoms with Gasteiger partial charge in [-0.2, -0.15) is 0 Å². The van der Waals surface area contributed by atoms with Gasteiger partial charge in [0.15, 0.2) is 0 Å². The van der Waals surface area contributed by atoms with E-state index >= 15 is 0 Å². The Balaban J connectivity index is 1.87. The lowest BCUT2D eigenvalue weighted by molar-refractivity contribution is 0.0923. The van der Waals surface area contributed by atoms with Gasteiger partial charge in [0.05, 0.1) is 24.2 Å². The maximum absolute atomic E-state index is 12.6. The zero-order valence-electron chi connectivity index (χ0n) is 14.0. The number of rotatable bonds is 5. The van der Waals surface area contributed by atoms with Crippen LogP contribution in [0, 0.1) is 5.92 Å². The van der Waals surface area contributed by atoms with E-state index in [0.717, 1.165) is 16.9 Å². The molecular weight excluding hydrogens is 302 g/mol. The summed E-state index contributed by atoms with van der Waals surface area (Å²) in [6.45, 7) is 4.12. The molecule has 5 nitrogen and oxygen atoms in total. The molecule has 2 aromatic carbocycles. The minimum atomic E-state index is -0.198. The van der Waals surface area contributed by atoms with Crippen LogP contribution < -0.4 is 10.1 Å². The van der Waals surface area contributed by atoms with Crippen molar-refractivity contribution in [3.63, 3.8) is 0 Å². The molecule has 0 aliphatic carbocycles. The molecule has 0 saturated carbocycles. The van der Waals surface area contributed by atoms with Gasteiger partial charge in [-0.05, 0) is 36.2 Å². The fourth-order valence-corrected chi connectivity index (χ4v) is 2.66. The van der Waals surface area contributed by atoms with Crippen molar-refractivity contribution in [3.8, 4) is 5.75 Å². The molecule has 3 rings (SSSR count). The normalized spacial score (nSPS) is 12.3. The summed E-state index contributed by atoms with van der Waals surface area (Å²) in [4.78, 5) is 20.5. The van der Waals surface area contributed by atoms with Gasteiger partial charge in [-0.25, -0.2) is 4.98 Å². The Bertz CT molecular complexity index is 821. The van der Waals surface area contributed by atoms with Gasteiger partial charge in [-0.15, -0.1) is 0 Å². The number of hydrogen-bond donors (Lipinski definition) is 2. The second kappa shape index (κ2) is 6.74. The monoisotopic (exact) mass is 323 g/mol. The number of nitrogens with zero attached hydrogens (tertiary/aromatic N) is 1. The van der Waals surface area contributed by atoms with Crippen LogP contribution in [0.4, 0.5) is 0 Å². The Kier molecular flexibility index (Phi) is 4.51. The van der Waals surface area contributed by atoms with E-state index in [1.807, 2.05) is 30.3 Å². The molecule has 0 bridgehead atoms. The van der Waals surface area contributed by atoms with Gasteiger partial charge in [0.2, 0.25) is 0 Å². The number of imidazole rings is 1. The van der Waals surface area contributed by atoms with Crippen LogP contribution in [-0.2, 0) is 0 Å². The molecule has 3 aromatic rings. The number of amides is 1. The van der Waals surface area contributed by atoms with E-state index in [0.29, 0.717) is 11.3 Å². The van der Waals surface area contributed by atoms with E-state index < -0.39 is 0 Å². The number of carbonyl (C=O) groups excluding carboxylic acids is 1. The predicted molar refractivity (Wildman–Crippen MR) is 94.1 cm³/mol. The highest BCUT2D eigenvalue weighted by atomic mass is 16.5. The number of ether oxygens (including phenoxy) is 1. The molecule has 0 unspecified atom stereocenters. The molecule has 1 atom stereocenters. The Morgan fingerprint density at radius 2 is 1.96 bits per heavy atom.